The van der Waals surface area contributed by atoms with Crippen LogP contribution >= 0.6 is 0 Å². The van der Waals surface area contributed by atoms with E-state index in [4.69, 9.17) is 4.74 Å². The molecule has 4 fully saturated rings. The van der Waals surface area contributed by atoms with E-state index < -0.39 is 27.8 Å². The lowest BCUT2D eigenvalue weighted by atomic mass is 9.66. The number of nitrogens with one attached hydrogen (secondary N) is 1. The first-order chi connectivity index (χ1) is 13.8. The fourth-order valence-electron chi connectivity index (χ4n) is 5.53. The molecule has 9 heteroatoms. The van der Waals surface area contributed by atoms with Gasteiger partial charge in [-0.05, 0) is 12.5 Å². The Morgan fingerprint density at radius 3 is 2.83 bits per heavy atom. The number of ether oxygens (including phenoxy) is 1. The highest BCUT2D eigenvalue weighted by Gasteiger charge is 2.55. The first-order valence-electron chi connectivity index (χ1n) is 9.81. The summed E-state index contributed by atoms with van der Waals surface area (Å²) in [6.45, 7) is 0.311. The van der Waals surface area contributed by atoms with Crippen molar-refractivity contribution in [3.8, 4) is 0 Å². The smallest absolute Gasteiger partial charge is 0.340 e. The molecule has 5 heterocycles. The third kappa shape index (κ3) is 3.27. The summed E-state index contributed by atoms with van der Waals surface area (Å²) in [6.07, 6.45) is 2.94. The molecule has 8 nitrogen and oxygen atoms in total. The maximum atomic E-state index is 12.8. The largest absolute Gasteiger partial charge is 0.459 e. The number of rotatable bonds is 4. The number of piperidine rings is 4. The van der Waals surface area contributed by atoms with Crippen molar-refractivity contribution in [1.82, 2.24) is 9.88 Å². The van der Waals surface area contributed by atoms with Gasteiger partial charge < -0.3 is 9.72 Å². The average molecular weight is 418 g/mol. The van der Waals surface area contributed by atoms with Crippen molar-refractivity contribution in [2.45, 2.75) is 37.5 Å². The van der Waals surface area contributed by atoms with Crippen LogP contribution in [0.15, 0.2) is 30.5 Å². The van der Waals surface area contributed by atoms with Gasteiger partial charge >= 0.3 is 5.97 Å². The lowest BCUT2D eigenvalue weighted by Crippen LogP contribution is -2.68. The van der Waals surface area contributed by atoms with Gasteiger partial charge in [0, 0.05) is 53.9 Å². The maximum absolute atomic E-state index is 12.8. The molecule has 0 amide bonds. The van der Waals surface area contributed by atoms with E-state index in [1.807, 2.05) is 29.2 Å². The van der Waals surface area contributed by atoms with Crippen LogP contribution in [-0.4, -0.2) is 65.1 Å². The summed E-state index contributed by atoms with van der Waals surface area (Å²) in [5.74, 6) is -1.60. The molecule has 4 unspecified atom stereocenters. The number of ketones is 1. The van der Waals surface area contributed by atoms with Gasteiger partial charge in [0.1, 0.15) is 11.9 Å². The normalized spacial score (nSPS) is 33.8. The summed E-state index contributed by atoms with van der Waals surface area (Å²) in [4.78, 5) is 30.2. The van der Waals surface area contributed by atoms with Crippen LogP contribution in [0.4, 0.5) is 0 Å². The Morgan fingerprint density at radius 1 is 1.24 bits per heavy atom. The van der Waals surface area contributed by atoms with E-state index in [1.165, 1.54) is 0 Å². The van der Waals surface area contributed by atoms with Crippen LogP contribution in [0.1, 0.15) is 29.6 Å². The number of nitrogens with zero attached hydrogens (tertiary/aromatic N) is 1. The quantitative estimate of drug-likeness (QED) is 0.572. The molecule has 4 aliphatic rings. The van der Waals surface area contributed by atoms with Crippen molar-refractivity contribution < 1.29 is 27.3 Å². The predicted molar refractivity (Wildman–Crippen MR) is 104 cm³/mol. The SMILES string of the molecule is O=C(OC1CC2C[C@H]3C(=O)CN2C(C1)[C@H]3CS(=O)(=O)O)c1c[nH]c2ccccc12. The van der Waals surface area contributed by atoms with Gasteiger partial charge in [0.25, 0.3) is 10.1 Å². The Balaban J connectivity index is 1.36. The molecule has 4 aliphatic heterocycles. The Hall–Kier alpha value is -2.23. The zero-order valence-corrected chi connectivity index (χ0v) is 16.5. The van der Waals surface area contributed by atoms with Gasteiger partial charge in [-0.2, -0.15) is 8.42 Å². The fourth-order valence-corrected chi connectivity index (χ4v) is 6.48. The third-order valence-corrected chi connectivity index (χ3v) is 7.52. The topological polar surface area (TPSA) is 117 Å². The average Bonchev–Trinajstić information content (AvgIpc) is 3.08. The van der Waals surface area contributed by atoms with E-state index in [-0.39, 0.29) is 29.9 Å². The predicted octanol–water partition coefficient (Wildman–Crippen LogP) is 1.63. The number of aromatic amines is 1. The summed E-state index contributed by atoms with van der Waals surface area (Å²) >= 11 is 0. The number of hydrogen-bond donors (Lipinski definition) is 2. The number of H-pyrrole nitrogens is 1. The first kappa shape index (κ1) is 18.8. The van der Waals surface area contributed by atoms with Gasteiger partial charge in [-0.25, -0.2) is 4.79 Å². The number of carbonyl (C=O) groups excluding carboxylic acids is 2. The molecule has 2 aromatic rings. The van der Waals surface area contributed by atoms with Gasteiger partial charge in [0.15, 0.2) is 0 Å². The summed E-state index contributed by atoms with van der Waals surface area (Å²) < 4.78 is 38.2. The van der Waals surface area contributed by atoms with Gasteiger partial charge in [-0.1, -0.05) is 18.2 Å². The Morgan fingerprint density at radius 2 is 2.03 bits per heavy atom. The maximum Gasteiger partial charge on any atom is 0.340 e. The number of fused-ring (bicyclic) bond motifs is 2. The lowest BCUT2D eigenvalue weighted by molar-refractivity contribution is -0.153. The standard InChI is InChI=1S/C20H22N2O6S/c23-19-9-22-11-5-12(7-18(22)16(14(19)6-11)10-29(25,26)27)28-20(24)15-8-21-17-4-2-1-3-13(15)17/h1-4,8,11-12,14,16,18,21H,5-7,9-10H2,(H,25,26,27)/t11?,12?,14-,16+,18?/m1/s1. The highest BCUT2D eigenvalue weighted by Crippen LogP contribution is 2.46. The van der Waals surface area contributed by atoms with Crippen molar-refractivity contribution >= 4 is 32.8 Å². The zero-order chi connectivity index (χ0) is 20.3. The van der Waals surface area contributed by atoms with Gasteiger partial charge in [0.05, 0.1) is 17.9 Å². The minimum atomic E-state index is -4.20. The van der Waals surface area contributed by atoms with E-state index in [9.17, 15) is 22.6 Å². The second-order valence-electron chi connectivity index (χ2n) is 8.36. The number of aromatic nitrogens is 1. The molecule has 1 aromatic carbocycles. The highest BCUT2D eigenvalue weighted by atomic mass is 32.2. The fraction of sp³-hybridized carbons (Fsp3) is 0.500. The van der Waals surface area contributed by atoms with Crippen LogP contribution < -0.4 is 0 Å². The molecule has 0 spiro atoms. The second kappa shape index (κ2) is 6.65. The van der Waals surface area contributed by atoms with Crippen LogP contribution in [0, 0.1) is 11.8 Å². The van der Waals surface area contributed by atoms with Crippen molar-refractivity contribution in [2.75, 3.05) is 12.3 Å². The molecule has 0 radical (unpaired) electrons. The van der Waals surface area contributed by atoms with Crippen LogP contribution in [0.25, 0.3) is 10.9 Å². The van der Waals surface area contributed by atoms with E-state index >= 15 is 0 Å². The molecule has 154 valence electrons. The number of carbonyl (C=O) groups is 2. The number of benzene rings is 1. The second-order valence-corrected chi connectivity index (χ2v) is 9.86. The van der Waals surface area contributed by atoms with Gasteiger partial charge in [-0.3, -0.25) is 14.2 Å². The highest BCUT2D eigenvalue weighted by molar-refractivity contribution is 7.85. The molecule has 2 N–H and O–H groups in total. The van der Waals surface area contributed by atoms with Crippen LogP contribution in [-0.2, 0) is 19.6 Å². The molecule has 6 rings (SSSR count). The van der Waals surface area contributed by atoms with E-state index in [2.05, 4.69) is 4.98 Å². The minimum Gasteiger partial charge on any atom is -0.459 e. The Bertz CT molecular complexity index is 1090. The van der Waals surface area contributed by atoms with E-state index in [1.54, 1.807) is 6.20 Å². The Labute approximate surface area is 168 Å². The molecule has 4 saturated heterocycles. The Kier molecular flexibility index (Phi) is 4.30. The van der Waals surface area contributed by atoms with Crippen molar-refractivity contribution in [3.05, 3.63) is 36.0 Å². The zero-order valence-electron chi connectivity index (χ0n) is 15.7. The summed E-state index contributed by atoms with van der Waals surface area (Å²) in [5.41, 5.74) is 1.33. The molecule has 4 bridgehead atoms. The molecule has 1 aromatic heterocycles. The number of Topliss-reactive ketones (excluding diaryl/α,β-unsaturated/α-hetero) is 1. The van der Waals surface area contributed by atoms with Crippen LogP contribution in [0.3, 0.4) is 0 Å². The first-order valence-corrected chi connectivity index (χ1v) is 11.4. The summed E-state index contributed by atoms with van der Waals surface area (Å²) in [6, 6.07) is 7.40. The number of esters is 1. The number of hydrogen-bond acceptors (Lipinski definition) is 6. The third-order valence-electron chi connectivity index (χ3n) is 6.71. The van der Waals surface area contributed by atoms with Crippen molar-refractivity contribution in [1.29, 1.82) is 0 Å². The minimum absolute atomic E-state index is 0.0420. The number of para-hydroxylation sites is 1. The van der Waals surface area contributed by atoms with Crippen molar-refractivity contribution in [2.24, 2.45) is 11.8 Å². The molecular weight excluding hydrogens is 396 g/mol. The van der Waals surface area contributed by atoms with Crippen molar-refractivity contribution in [3.63, 3.8) is 0 Å². The lowest BCUT2D eigenvalue weighted by Gasteiger charge is -2.57. The van der Waals surface area contributed by atoms with E-state index in [0.29, 0.717) is 31.4 Å². The molecular formula is C20H22N2O6S. The summed E-state index contributed by atoms with van der Waals surface area (Å²) in [5, 5.41) is 0.797. The van der Waals surface area contributed by atoms with Gasteiger partial charge in [0.2, 0.25) is 0 Å². The molecule has 0 aliphatic carbocycles. The monoisotopic (exact) mass is 418 g/mol. The van der Waals surface area contributed by atoms with Crippen LogP contribution in [0.5, 0.6) is 0 Å². The van der Waals surface area contributed by atoms with Crippen LogP contribution in [0.2, 0.25) is 0 Å². The van der Waals surface area contributed by atoms with Gasteiger partial charge in [-0.15, -0.1) is 0 Å². The molecule has 29 heavy (non-hydrogen) atoms. The molecule has 0 saturated carbocycles. The summed E-state index contributed by atoms with van der Waals surface area (Å²) in [7, 11) is -4.20. The molecule has 6 atom stereocenters. The van der Waals surface area contributed by atoms with E-state index in [0.717, 1.165) is 10.9 Å².